The zero-order valence-electron chi connectivity index (χ0n) is 8.66. The molecule has 1 fully saturated rings. The first kappa shape index (κ1) is 10.5. The molecule has 0 unspecified atom stereocenters. The summed E-state index contributed by atoms with van der Waals surface area (Å²) in [4.78, 5) is 8.84. The van der Waals surface area contributed by atoms with Crippen molar-refractivity contribution in [1.29, 1.82) is 0 Å². The molecule has 2 heterocycles. The predicted octanol–water partition coefficient (Wildman–Crippen LogP) is 3.70. The van der Waals surface area contributed by atoms with Crippen LogP contribution in [0.4, 0.5) is 0 Å². The molecule has 1 saturated carbocycles. The summed E-state index contributed by atoms with van der Waals surface area (Å²) in [6, 6.07) is 2.44. The van der Waals surface area contributed by atoms with Gasteiger partial charge in [0.1, 0.15) is 10.7 Å². The molecule has 0 spiro atoms. The second kappa shape index (κ2) is 4.00. The topological polar surface area (TPSA) is 30.7 Å². The Morgan fingerprint density at radius 1 is 1.50 bits per heavy atom. The molecular formula is C11H11BrClN3. The molecule has 16 heavy (non-hydrogen) atoms. The van der Waals surface area contributed by atoms with Gasteiger partial charge >= 0.3 is 0 Å². The minimum Gasteiger partial charge on any atom is -0.312 e. The first-order chi connectivity index (χ1) is 7.79. The number of halogens is 2. The Morgan fingerprint density at radius 3 is 2.94 bits per heavy atom. The van der Waals surface area contributed by atoms with Gasteiger partial charge in [0.15, 0.2) is 5.65 Å². The molecule has 3 nitrogen and oxygen atoms in total. The van der Waals surface area contributed by atoms with Crippen LogP contribution in [0, 0.1) is 0 Å². The molecule has 3 rings (SSSR count). The quantitative estimate of drug-likeness (QED) is 0.625. The minimum atomic E-state index is 0.544. The van der Waals surface area contributed by atoms with Gasteiger partial charge in [0.25, 0.3) is 0 Å². The first-order valence-corrected chi connectivity index (χ1v) is 6.87. The van der Waals surface area contributed by atoms with Crippen LogP contribution < -0.4 is 0 Å². The SMILES string of the molecule is Clc1cc(CBr)c2ncn(C3CCC3)c2n1. The molecule has 0 N–H and O–H groups in total. The second-order valence-corrected chi connectivity index (χ2v) is 5.09. The number of aromatic nitrogens is 3. The smallest absolute Gasteiger partial charge is 0.162 e. The average Bonchev–Trinajstić information content (AvgIpc) is 2.58. The Kier molecular flexibility index (Phi) is 2.64. The summed E-state index contributed by atoms with van der Waals surface area (Å²) in [6.45, 7) is 0. The summed E-state index contributed by atoms with van der Waals surface area (Å²) < 4.78 is 2.16. The normalized spacial score (nSPS) is 16.6. The maximum absolute atomic E-state index is 6.02. The standard InChI is InChI=1S/C11H11BrClN3/c12-5-7-4-9(13)15-11-10(7)14-6-16(11)8-2-1-3-8/h4,6,8H,1-3,5H2. The van der Waals surface area contributed by atoms with E-state index in [1.807, 2.05) is 12.4 Å². The largest absolute Gasteiger partial charge is 0.312 e. The number of rotatable bonds is 2. The lowest BCUT2D eigenvalue weighted by molar-refractivity contribution is 0.319. The zero-order chi connectivity index (χ0) is 11.1. The van der Waals surface area contributed by atoms with Crippen LogP contribution >= 0.6 is 27.5 Å². The van der Waals surface area contributed by atoms with Gasteiger partial charge in [0.2, 0.25) is 0 Å². The van der Waals surface area contributed by atoms with Gasteiger partial charge in [0, 0.05) is 11.4 Å². The zero-order valence-corrected chi connectivity index (χ0v) is 11.0. The van der Waals surface area contributed by atoms with Gasteiger partial charge in [-0.25, -0.2) is 9.97 Å². The fraction of sp³-hybridized carbons (Fsp3) is 0.455. The number of imidazole rings is 1. The van der Waals surface area contributed by atoms with Crippen molar-refractivity contribution in [2.75, 3.05) is 0 Å². The molecule has 84 valence electrons. The highest BCUT2D eigenvalue weighted by Crippen LogP contribution is 2.34. The van der Waals surface area contributed by atoms with Crippen molar-refractivity contribution in [1.82, 2.24) is 14.5 Å². The molecule has 2 aromatic heterocycles. The van der Waals surface area contributed by atoms with E-state index in [9.17, 15) is 0 Å². The molecule has 0 bridgehead atoms. The van der Waals surface area contributed by atoms with E-state index in [0.717, 1.165) is 22.1 Å². The molecule has 0 radical (unpaired) electrons. The first-order valence-electron chi connectivity index (χ1n) is 5.37. The Morgan fingerprint density at radius 2 is 2.31 bits per heavy atom. The van der Waals surface area contributed by atoms with Crippen LogP contribution in [0.2, 0.25) is 5.15 Å². The third-order valence-electron chi connectivity index (χ3n) is 3.19. The van der Waals surface area contributed by atoms with Crippen LogP contribution in [0.1, 0.15) is 30.9 Å². The van der Waals surface area contributed by atoms with E-state index in [0.29, 0.717) is 11.2 Å². The van der Waals surface area contributed by atoms with Gasteiger partial charge < -0.3 is 4.57 Å². The van der Waals surface area contributed by atoms with E-state index < -0.39 is 0 Å². The maximum Gasteiger partial charge on any atom is 0.162 e. The van der Waals surface area contributed by atoms with Gasteiger partial charge in [-0.3, -0.25) is 0 Å². The van der Waals surface area contributed by atoms with Crippen LogP contribution in [0.25, 0.3) is 11.2 Å². The van der Waals surface area contributed by atoms with Crippen molar-refractivity contribution in [2.45, 2.75) is 30.6 Å². The lowest BCUT2D eigenvalue weighted by Crippen LogP contribution is -2.16. The molecule has 0 aromatic carbocycles. The average molecular weight is 301 g/mol. The van der Waals surface area contributed by atoms with Crippen molar-refractivity contribution < 1.29 is 0 Å². The minimum absolute atomic E-state index is 0.544. The Hall–Kier alpha value is -0.610. The molecule has 1 aliphatic rings. The van der Waals surface area contributed by atoms with Gasteiger partial charge in [-0.15, -0.1) is 0 Å². The number of fused-ring (bicyclic) bond motifs is 1. The van der Waals surface area contributed by atoms with Crippen LogP contribution in [-0.4, -0.2) is 14.5 Å². The van der Waals surface area contributed by atoms with Crippen molar-refractivity contribution >= 4 is 38.7 Å². The molecule has 2 aromatic rings. The number of hydrogen-bond acceptors (Lipinski definition) is 2. The summed E-state index contributed by atoms with van der Waals surface area (Å²) in [7, 11) is 0. The van der Waals surface area contributed by atoms with E-state index >= 15 is 0 Å². The molecule has 0 atom stereocenters. The van der Waals surface area contributed by atoms with Crippen molar-refractivity contribution in [2.24, 2.45) is 0 Å². The van der Waals surface area contributed by atoms with E-state index in [1.165, 1.54) is 19.3 Å². The molecule has 0 aliphatic heterocycles. The summed E-state index contributed by atoms with van der Waals surface area (Å²) in [5.74, 6) is 0. The van der Waals surface area contributed by atoms with Crippen LogP contribution in [0.5, 0.6) is 0 Å². The van der Waals surface area contributed by atoms with Crippen molar-refractivity contribution in [3.05, 3.63) is 23.1 Å². The Labute approximate surface area is 107 Å². The lowest BCUT2D eigenvalue weighted by Gasteiger charge is -2.26. The number of nitrogens with zero attached hydrogens (tertiary/aromatic N) is 3. The molecular weight excluding hydrogens is 289 g/mol. The summed E-state index contributed by atoms with van der Waals surface area (Å²) in [5.41, 5.74) is 2.99. The lowest BCUT2D eigenvalue weighted by atomic mass is 9.93. The van der Waals surface area contributed by atoms with Crippen molar-refractivity contribution in [3.63, 3.8) is 0 Å². The van der Waals surface area contributed by atoms with Crippen LogP contribution in [0.3, 0.4) is 0 Å². The van der Waals surface area contributed by atoms with Gasteiger partial charge in [-0.1, -0.05) is 27.5 Å². The van der Waals surface area contributed by atoms with E-state index in [4.69, 9.17) is 11.6 Å². The van der Waals surface area contributed by atoms with Crippen LogP contribution in [-0.2, 0) is 5.33 Å². The third kappa shape index (κ3) is 1.55. The van der Waals surface area contributed by atoms with E-state index in [2.05, 4.69) is 30.5 Å². The van der Waals surface area contributed by atoms with Crippen LogP contribution in [0.15, 0.2) is 12.4 Å². The molecule has 0 saturated heterocycles. The van der Waals surface area contributed by atoms with Gasteiger partial charge in [0.05, 0.1) is 6.33 Å². The monoisotopic (exact) mass is 299 g/mol. The highest BCUT2D eigenvalue weighted by molar-refractivity contribution is 9.08. The number of pyridine rings is 1. The molecule has 5 heteroatoms. The number of hydrogen-bond donors (Lipinski definition) is 0. The summed E-state index contributed by atoms with van der Waals surface area (Å²) in [5, 5.41) is 1.30. The van der Waals surface area contributed by atoms with E-state index in [1.54, 1.807) is 0 Å². The summed E-state index contributed by atoms with van der Waals surface area (Å²) in [6.07, 6.45) is 5.65. The Balaban J connectivity index is 2.20. The predicted molar refractivity (Wildman–Crippen MR) is 68.1 cm³/mol. The van der Waals surface area contributed by atoms with Gasteiger partial charge in [-0.2, -0.15) is 0 Å². The molecule has 1 aliphatic carbocycles. The van der Waals surface area contributed by atoms with Crippen molar-refractivity contribution in [3.8, 4) is 0 Å². The van der Waals surface area contributed by atoms with Gasteiger partial charge in [-0.05, 0) is 30.9 Å². The fourth-order valence-electron chi connectivity index (χ4n) is 2.07. The third-order valence-corrected chi connectivity index (χ3v) is 3.99. The number of alkyl halides is 1. The Bertz CT molecular complexity index is 533. The highest BCUT2D eigenvalue weighted by atomic mass is 79.9. The highest BCUT2D eigenvalue weighted by Gasteiger charge is 2.22. The van der Waals surface area contributed by atoms with E-state index in [-0.39, 0.29) is 0 Å². The molecule has 0 amide bonds. The maximum atomic E-state index is 6.02. The summed E-state index contributed by atoms with van der Waals surface area (Å²) >= 11 is 9.48. The fourth-order valence-corrected chi connectivity index (χ4v) is 2.71. The second-order valence-electron chi connectivity index (χ2n) is 4.15.